The van der Waals surface area contributed by atoms with Gasteiger partial charge in [0.25, 0.3) is 0 Å². The van der Waals surface area contributed by atoms with Gasteiger partial charge in [-0.3, -0.25) is 9.55 Å². The van der Waals surface area contributed by atoms with Crippen molar-refractivity contribution in [3.8, 4) is 33.9 Å². The maximum atomic E-state index is 5.27. The molecular formula is C36H24N4. The maximum absolute atomic E-state index is 5.27. The summed E-state index contributed by atoms with van der Waals surface area (Å²) in [5.41, 5.74) is 9.69. The van der Waals surface area contributed by atoms with Crippen LogP contribution in [0.5, 0.6) is 0 Å². The molecule has 4 nitrogen and oxygen atoms in total. The van der Waals surface area contributed by atoms with Gasteiger partial charge in [0.15, 0.2) is 0 Å². The van der Waals surface area contributed by atoms with Gasteiger partial charge in [-0.25, -0.2) is 4.98 Å². The predicted molar refractivity (Wildman–Crippen MR) is 164 cm³/mol. The topological polar surface area (TPSA) is 35.6 Å². The fourth-order valence-electron chi connectivity index (χ4n) is 5.77. The van der Waals surface area contributed by atoms with Gasteiger partial charge in [-0.15, -0.1) is 0 Å². The number of pyridine rings is 2. The first-order valence-electron chi connectivity index (χ1n) is 13.4. The first kappa shape index (κ1) is 22.5. The molecule has 4 aromatic heterocycles. The van der Waals surface area contributed by atoms with Crippen molar-refractivity contribution in [2.45, 2.75) is 0 Å². The van der Waals surface area contributed by atoms with Crippen LogP contribution in [0.3, 0.4) is 0 Å². The highest BCUT2D eigenvalue weighted by atomic mass is 15.1. The second kappa shape index (κ2) is 9.07. The van der Waals surface area contributed by atoms with E-state index in [0.717, 1.165) is 66.7 Å². The molecular weight excluding hydrogens is 488 g/mol. The van der Waals surface area contributed by atoms with E-state index < -0.39 is 0 Å². The molecule has 0 spiro atoms. The van der Waals surface area contributed by atoms with Crippen molar-refractivity contribution >= 4 is 32.8 Å². The Morgan fingerprint density at radius 1 is 0.525 bits per heavy atom. The first-order chi connectivity index (χ1) is 19.8. The summed E-state index contributed by atoms with van der Waals surface area (Å²) in [6.07, 6.45) is 4.02. The zero-order valence-electron chi connectivity index (χ0n) is 21.6. The second-order valence-electron chi connectivity index (χ2n) is 9.95. The van der Waals surface area contributed by atoms with Crippen LogP contribution in [0.2, 0.25) is 0 Å². The summed E-state index contributed by atoms with van der Waals surface area (Å²) in [4.78, 5) is 10.1. The molecule has 0 atom stereocenters. The number of benzene rings is 4. The molecule has 4 heterocycles. The minimum Gasteiger partial charge on any atom is -0.316 e. The van der Waals surface area contributed by atoms with E-state index in [2.05, 4.69) is 131 Å². The molecule has 0 saturated heterocycles. The summed E-state index contributed by atoms with van der Waals surface area (Å²) in [6, 6.07) is 46.5. The molecule has 4 heteroatoms. The smallest absolute Gasteiger partial charge is 0.138 e. The van der Waals surface area contributed by atoms with E-state index in [1.807, 2.05) is 24.4 Å². The fraction of sp³-hybridized carbons (Fsp3) is 0. The molecule has 188 valence electrons. The molecule has 0 unspecified atom stereocenters. The van der Waals surface area contributed by atoms with E-state index in [0.29, 0.717) is 0 Å². The van der Waals surface area contributed by atoms with Gasteiger partial charge in [0.1, 0.15) is 5.82 Å². The molecule has 0 aliphatic heterocycles. The number of rotatable bonds is 4. The van der Waals surface area contributed by atoms with Crippen LogP contribution in [0.1, 0.15) is 0 Å². The van der Waals surface area contributed by atoms with Crippen LogP contribution in [-0.2, 0) is 0 Å². The number of fused-ring (bicyclic) bond motifs is 5. The second-order valence-corrected chi connectivity index (χ2v) is 9.95. The number of hydrogen-bond acceptors (Lipinski definition) is 2. The molecule has 0 bridgehead atoms. The van der Waals surface area contributed by atoms with Crippen molar-refractivity contribution < 1.29 is 0 Å². The van der Waals surface area contributed by atoms with Crippen molar-refractivity contribution in [2.75, 3.05) is 0 Å². The SMILES string of the molecule is c1ccc(-c2cc(-c3ccccc3)nc(-n3c4cccnc4c4ccc5c(ccn5-c5ccccc5)c43)c2)cc1. The van der Waals surface area contributed by atoms with Gasteiger partial charge in [0.2, 0.25) is 0 Å². The lowest BCUT2D eigenvalue weighted by molar-refractivity contribution is 1.09. The molecule has 0 N–H and O–H groups in total. The monoisotopic (exact) mass is 512 g/mol. The third-order valence-corrected chi connectivity index (χ3v) is 7.60. The van der Waals surface area contributed by atoms with Gasteiger partial charge in [-0.2, -0.15) is 0 Å². The average molecular weight is 513 g/mol. The van der Waals surface area contributed by atoms with Crippen LogP contribution < -0.4 is 0 Å². The molecule has 0 radical (unpaired) electrons. The Labute approximate surface area is 231 Å². The van der Waals surface area contributed by atoms with Crippen LogP contribution in [0.25, 0.3) is 66.7 Å². The van der Waals surface area contributed by atoms with Crippen LogP contribution in [-0.4, -0.2) is 19.1 Å². The summed E-state index contributed by atoms with van der Waals surface area (Å²) in [5.74, 6) is 0.869. The molecule has 0 saturated carbocycles. The third kappa shape index (κ3) is 3.54. The Hall–Kier alpha value is -5.48. The van der Waals surface area contributed by atoms with Crippen molar-refractivity contribution in [3.05, 3.63) is 146 Å². The van der Waals surface area contributed by atoms with E-state index in [-0.39, 0.29) is 0 Å². The standard InChI is InChI=1S/C36H24N4/c1-4-11-25(12-5-1)27-23-31(26-13-6-2-7-14-26)38-34(24-27)40-33-17-10-21-37-35(33)30-18-19-32-29(36(30)40)20-22-39(32)28-15-8-3-9-16-28/h1-24H. The quantitative estimate of drug-likeness (QED) is 0.236. The van der Waals surface area contributed by atoms with Crippen LogP contribution in [0.15, 0.2) is 146 Å². The lowest BCUT2D eigenvalue weighted by atomic mass is 10.0. The van der Waals surface area contributed by atoms with E-state index in [9.17, 15) is 0 Å². The highest BCUT2D eigenvalue weighted by Crippen LogP contribution is 2.38. The molecule has 0 aliphatic carbocycles. The summed E-state index contributed by atoms with van der Waals surface area (Å²) in [6.45, 7) is 0. The molecule has 0 amide bonds. The van der Waals surface area contributed by atoms with Gasteiger partial charge in [0.05, 0.1) is 27.8 Å². The lowest BCUT2D eigenvalue weighted by Crippen LogP contribution is -2.00. The van der Waals surface area contributed by atoms with E-state index >= 15 is 0 Å². The summed E-state index contributed by atoms with van der Waals surface area (Å²) in [7, 11) is 0. The third-order valence-electron chi connectivity index (χ3n) is 7.60. The first-order valence-corrected chi connectivity index (χ1v) is 13.4. The van der Waals surface area contributed by atoms with Crippen LogP contribution in [0, 0.1) is 0 Å². The van der Waals surface area contributed by atoms with Crippen molar-refractivity contribution in [3.63, 3.8) is 0 Å². The van der Waals surface area contributed by atoms with E-state index in [1.165, 1.54) is 0 Å². The molecule has 8 rings (SSSR count). The number of nitrogens with zero attached hydrogens (tertiary/aromatic N) is 4. The lowest BCUT2D eigenvalue weighted by Gasteiger charge is -2.13. The van der Waals surface area contributed by atoms with Gasteiger partial charge >= 0.3 is 0 Å². The Morgan fingerprint density at radius 3 is 2.02 bits per heavy atom. The van der Waals surface area contributed by atoms with E-state index in [1.54, 1.807) is 0 Å². The normalized spacial score (nSPS) is 11.5. The zero-order valence-corrected chi connectivity index (χ0v) is 21.6. The van der Waals surface area contributed by atoms with Crippen molar-refractivity contribution in [1.29, 1.82) is 0 Å². The Balaban J connectivity index is 1.48. The van der Waals surface area contributed by atoms with Crippen molar-refractivity contribution in [2.24, 2.45) is 0 Å². The largest absolute Gasteiger partial charge is 0.316 e. The highest BCUT2D eigenvalue weighted by molar-refractivity contribution is 6.17. The Bertz CT molecular complexity index is 2080. The average Bonchev–Trinajstić information content (AvgIpc) is 3.62. The zero-order chi connectivity index (χ0) is 26.5. The molecule has 0 aliphatic rings. The van der Waals surface area contributed by atoms with Crippen LogP contribution >= 0.6 is 0 Å². The maximum Gasteiger partial charge on any atom is 0.138 e. The fourth-order valence-corrected chi connectivity index (χ4v) is 5.77. The highest BCUT2D eigenvalue weighted by Gasteiger charge is 2.19. The van der Waals surface area contributed by atoms with Gasteiger partial charge in [-0.05, 0) is 65.7 Å². The Kier molecular flexibility index (Phi) is 5.10. The van der Waals surface area contributed by atoms with Crippen LogP contribution in [0.4, 0.5) is 0 Å². The van der Waals surface area contributed by atoms with E-state index in [4.69, 9.17) is 9.97 Å². The number of para-hydroxylation sites is 1. The number of hydrogen-bond donors (Lipinski definition) is 0. The summed E-state index contributed by atoms with van der Waals surface area (Å²) >= 11 is 0. The van der Waals surface area contributed by atoms with Gasteiger partial charge in [0, 0.05) is 34.4 Å². The van der Waals surface area contributed by atoms with Crippen molar-refractivity contribution in [1.82, 2.24) is 19.1 Å². The molecule has 40 heavy (non-hydrogen) atoms. The molecule has 8 aromatic rings. The summed E-state index contributed by atoms with van der Waals surface area (Å²) < 4.78 is 4.53. The number of aromatic nitrogens is 4. The minimum absolute atomic E-state index is 0.869. The predicted octanol–water partition coefficient (Wildman–Crippen LogP) is 8.85. The molecule has 4 aromatic carbocycles. The van der Waals surface area contributed by atoms with Gasteiger partial charge in [-0.1, -0.05) is 78.9 Å². The summed E-state index contributed by atoms with van der Waals surface area (Å²) in [5, 5.41) is 2.27. The van der Waals surface area contributed by atoms with Gasteiger partial charge < -0.3 is 4.57 Å². The minimum atomic E-state index is 0.869. The Morgan fingerprint density at radius 2 is 1.25 bits per heavy atom. The molecule has 0 fully saturated rings.